The summed E-state index contributed by atoms with van der Waals surface area (Å²) in [5.41, 5.74) is 3.00. The number of terminal acetylenes is 1. The normalized spacial score (nSPS) is 9.07. The fourth-order valence-corrected chi connectivity index (χ4v) is 1.23. The van der Waals surface area contributed by atoms with E-state index in [2.05, 4.69) is 17.3 Å². The van der Waals surface area contributed by atoms with Crippen LogP contribution in [0, 0.1) is 30.6 Å². The van der Waals surface area contributed by atoms with E-state index in [9.17, 15) is 0 Å². The molecule has 0 aliphatic carbocycles. The van der Waals surface area contributed by atoms with E-state index in [0.29, 0.717) is 12.1 Å². The Hall–Kier alpha value is -1.77. The van der Waals surface area contributed by atoms with Gasteiger partial charge in [-0.05, 0) is 30.2 Å². The van der Waals surface area contributed by atoms with Gasteiger partial charge in [0.25, 0.3) is 0 Å². The van der Waals surface area contributed by atoms with Crippen molar-refractivity contribution in [1.82, 2.24) is 5.32 Å². The summed E-state index contributed by atoms with van der Waals surface area (Å²) in [6.07, 6.45) is 5.12. The third-order valence-electron chi connectivity index (χ3n) is 2.01. The molecule has 1 N–H and O–H groups in total. The molecule has 0 saturated carbocycles. The molecule has 0 aliphatic rings. The van der Waals surface area contributed by atoms with Gasteiger partial charge in [-0.3, -0.25) is 0 Å². The van der Waals surface area contributed by atoms with Crippen LogP contribution >= 0.6 is 0 Å². The molecular weight excluding hydrogens is 172 g/mol. The van der Waals surface area contributed by atoms with Gasteiger partial charge in [0.15, 0.2) is 0 Å². The van der Waals surface area contributed by atoms with Gasteiger partial charge in [0, 0.05) is 6.54 Å². The molecule has 0 unspecified atom stereocenters. The number of hydrogen-bond donors (Lipinski definition) is 1. The Morgan fingerprint density at radius 1 is 1.50 bits per heavy atom. The number of nitrogens with one attached hydrogen (secondary N) is 1. The SMILES string of the molecule is C#CCNCc1ccc(C#N)cc1C. The van der Waals surface area contributed by atoms with Gasteiger partial charge in [-0.1, -0.05) is 12.0 Å². The van der Waals surface area contributed by atoms with E-state index in [4.69, 9.17) is 11.7 Å². The summed E-state index contributed by atoms with van der Waals surface area (Å²) in [5.74, 6) is 2.52. The predicted octanol–water partition coefficient (Wildman–Crippen LogP) is 1.59. The standard InChI is InChI=1S/C12H12N2/c1-3-6-14-9-12-5-4-11(8-13)7-10(12)2/h1,4-5,7,14H,6,9H2,2H3. The predicted molar refractivity (Wildman–Crippen MR) is 56.4 cm³/mol. The van der Waals surface area contributed by atoms with E-state index in [-0.39, 0.29) is 0 Å². The molecule has 2 heteroatoms. The van der Waals surface area contributed by atoms with Gasteiger partial charge in [0.05, 0.1) is 18.2 Å². The first kappa shape index (κ1) is 10.3. The summed E-state index contributed by atoms with van der Waals surface area (Å²) < 4.78 is 0. The van der Waals surface area contributed by atoms with Crippen LogP contribution in [0.25, 0.3) is 0 Å². The van der Waals surface area contributed by atoms with Crippen molar-refractivity contribution < 1.29 is 0 Å². The van der Waals surface area contributed by atoms with Crippen LogP contribution in [0.4, 0.5) is 0 Å². The third kappa shape index (κ3) is 2.62. The highest BCUT2D eigenvalue weighted by Crippen LogP contribution is 2.09. The molecule has 0 amide bonds. The molecule has 14 heavy (non-hydrogen) atoms. The van der Waals surface area contributed by atoms with Gasteiger partial charge in [0.2, 0.25) is 0 Å². The van der Waals surface area contributed by atoms with Gasteiger partial charge in [-0.2, -0.15) is 5.26 Å². The minimum atomic E-state index is 0.569. The van der Waals surface area contributed by atoms with Gasteiger partial charge < -0.3 is 5.32 Å². The molecule has 0 spiro atoms. The topological polar surface area (TPSA) is 35.8 Å². The van der Waals surface area contributed by atoms with Crippen molar-refractivity contribution in [3.8, 4) is 18.4 Å². The molecule has 0 aromatic heterocycles. The Labute approximate surface area is 84.6 Å². The van der Waals surface area contributed by atoms with Crippen LogP contribution < -0.4 is 5.32 Å². The van der Waals surface area contributed by atoms with Crippen LogP contribution in [0.15, 0.2) is 18.2 Å². The minimum absolute atomic E-state index is 0.569. The van der Waals surface area contributed by atoms with Gasteiger partial charge >= 0.3 is 0 Å². The van der Waals surface area contributed by atoms with Crippen molar-refractivity contribution in [1.29, 1.82) is 5.26 Å². The Morgan fingerprint density at radius 3 is 2.86 bits per heavy atom. The van der Waals surface area contributed by atoms with E-state index in [1.165, 1.54) is 5.56 Å². The maximum absolute atomic E-state index is 8.67. The average molecular weight is 184 g/mol. The van der Waals surface area contributed by atoms with E-state index in [0.717, 1.165) is 12.1 Å². The number of nitriles is 1. The van der Waals surface area contributed by atoms with Gasteiger partial charge in [0.1, 0.15) is 0 Å². The van der Waals surface area contributed by atoms with Crippen LogP contribution in [0.2, 0.25) is 0 Å². The smallest absolute Gasteiger partial charge is 0.0991 e. The lowest BCUT2D eigenvalue weighted by Gasteiger charge is -2.05. The monoisotopic (exact) mass is 184 g/mol. The maximum Gasteiger partial charge on any atom is 0.0991 e. The molecule has 1 rings (SSSR count). The number of benzene rings is 1. The van der Waals surface area contributed by atoms with Crippen molar-refractivity contribution in [3.63, 3.8) is 0 Å². The van der Waals surface area contributed by atoms with Crippen LogP contribution in [0.5, 0.6) is 0 Å². The quantitative estimate of drug-likeness (QED) is 0.572. The number of aryl methyl sites for hydroxylation is 1. The number of hydrogen-bond acceptors (Lipinski definition) is 2. The summed E-state index contributed by atoms with van der Waals surface area (Å²) >= 11 is 0. The second-order valence-corrected chi connectivity index (χ2v) is 3.06. The van der Waals surface area contributed by atoms with Crippen molar-refractivity contribution >= 4 is 0 Å². The molecule has 70 valence electrons. The fourth-order valence-electron chi connectivity index (χ4n) is 1.23. The lowest BCUT2D eigenvalue weighted by atomic mass is 10.1. The molecule has 0 fully saturated rings. The summed E-state index contributed by atoms with van der Waals surface area (Å²) in [4.78, 5) is 0. The van der Waals surface area contributed by atoms with Crippen molar-refractivity contribution in [2.45, 2.75) is 13.5 Å². The Bertz CT molecular complexity index is 394. The molecule has 0 heterocycles. The largest absolute Gasteiger partial charge is 0.302 e. The van der Waals surface area contributed by atoms with E-state index >= 15 is 0 Å². The average Bonchev–Trinajstić information content (AvgIpc) is 2.20. The van der Waals surface area contributed by atoms with Crippen LogP contribution in [0.1, 0.15) is 16.7 Å². The molecule has 0 radical (unpaired) electrons. The van der Waals surface area contributed by atoms with Gasteiger partial charge in [-0.15, -0.1) is 6.42 Å². The van der Waals surface area contributed by atoms with Crippen LogP contribution in [-0.2, 0) is 6.54 Å². The summed E-state index contributed by atoms with van der Waals surface area (Å²) in [6.45, 7) is 3.31. The van der Waals surface area contributed by atoms with E-state index < -0.39 is 0 Å². The molecule has 1 aromatic rings. The van der Waals surface area contributed by atoms with Gasteiger partial charge in [-0.25, -0.2) is 0 Å². The third-order valence-corrected chi connectivity index (χ3v) is 2.01. The molecular formula is C12H12N2. The second kappa shape index (κ2) is 5.07. The molecule has 1 aromatic carbocycles. The second-order valence-electron chi connectivity index (χ2n) is 3.06. The Kier molecular flexibility index (Phi) is 3.73. The zero-order chi connectivity index (χ0) is 10.4. The molecule has 0 saturated heterocycles. The Morgan fingerprint density at radius 2 is 2.29 bits per heavy atom. The van der Waals surface area contributed by atoms with E-state index in [1.807, 2.05) is 25.1 Å². The van der Waals surface area contributed by atoms with Crippen molar-refractivity contribution in [2.75, 3.05) is 6.54 Å². The fraction of sp³-hybridized carbons (Fsp3) is 0.250. The zero-order valence-corrected chi connectivity index (χ0v) is 8.17. The maximum atomic E-state index is 8.67. The molecule has 0 aliphatic heterocycles. The Balaban J connectivity index is 2.71. The summed E-state index contributed by atoms with van der Waals surface area (Å²) in [5, 5.41) is 11.8. The van der Waals surface area contributed by atoms with Crippen molar-refractivity contribution in [3.05, 3.63) is 34.9 Å². The highest BCUT2D eigenvalue weighted by atomic mass is 14.8. The highest BCUT2D eigenvalue weighted by Gasteiger charge is 1.98. The summed E-state index contributed by atoms with van der Waals surface area (Å²) in [6, 6.07) is 7.77. The minimum Gasteiger partial charge on any atom is -0.302 e. The van der Waals surface area contributed by atoms with Crippen LogP contribution in [0.3, 0.4) is 0 Å². The number of nitrogens with zero attached hydrogens (tertiary/aromatic N) is 1. The molecule has 2 nitrogen and oxygen atoms in total. The van der Waals surface area contributed by atoms with Crippen LogP contribution in [-0.4, -0.2) is 6.54 Å². The first-order valence-corrected chi connectivity index (χ1v) is 4.41. The first-order chi connectivity index (χ1) is 6.77. The molecule has 0 bridgehead atoms. The lowest BCUT2D eigenvalue weighted by molar-refractivity contribution is 0.766. The molecule has 0 atom stereocenters. The van der Waals surface area contributed by atoms with E-state index in [1.54, 1.807) is 0 Å². The summed E-state index contributed by atoms with van der Waals surface area (Å²) in [7, 11) is 0. The lowest BCUT2D eigenvalue weighted by Crippen LogP contribution is -2.13. The first-order valence-electron chi connectivity index (χ1n) is 4.41. The number of rotatable bonds is 3. The zero-order valence-electron chi connectivity index (χ0n) is 8.17. The highest BCUT2D eigenvalue weighted by molar-refractivity contribution is 5.37. The van der Waals surface area contributed by atoms with Crippen molar-refractivity contribution in [2.24, 2.45) is 0 Å².